The molecule has 59 heavy (non-hydrogen) atoms. The number of nitrogens with zero attached hydrogens (tertiary/aromatic N) is 2. The van der Waals surface area contributed by atoms with E-state index in [0.29, 0.717) is 12.8 Å². The first-order chi connectivity index (χ1) is 28.9. The minimum Gasteiger partial charge on any atom is -0.481 e. The van der Waals surface area contributed by atoms with Crippen LogP contribution >= 0.6 is 0 Å². The molecule has 1 fully saturated rings. The summed E-state index contributed by atoms with van der Waals surface area (Å²) in [6.07, 6.45) is 43.0. The van der Waals surface area contributed by atoms with E-state index in [2.05, 4.69) is 48.1 Å². The van der Waals surface area contributed by atoms with Gasteiger partial charge in [0.05, 0.1) is 0 Å². The number of carboxylic acid groups (broad SMARTS) is 2. The molecule has 0 aliphatic carbocycles. The third kappa shape index (κ3) is 54.8. The molecule has 1 saturated heterocycles. The average Bonchev–Trinajstić information content (AvgIpc) is 3.23. The number of aliphatic carboxylic acids is 2. The molecule has 0 atom stereocenters. The number of likely N-dealkylation sites (tertiary alicyclic amines) is 1. The standard InChI is InChI=1S/C27H52N2O4.2C12H27N/c30-26(31)18-12-7-3-1-5-9-14-20-28(24-25-29-22-16-11-17-23-29)21-15-10-6-2-4-8-13-19-27(32)33;2*1-3-5-7-9-11-13-12-10-8-6-4-2/h1-25H2,(H,30,31)(H,32,33);2*13H,3-12H2,1-2H3. The van der Waals surface area contributed by atoms with Crippen molar-refractivity contribution in [3.63, 3.8) is 0 Å². The van der Waals surface area contributed by atoms with Crippen LogP contribution in [-0.4, -0.2) is 97.4 Å². The minimum absolute atomic E-state index is 0.316. The van der Waals surface area contributed by atoms with Gasteiger partial charge in [0.15, 0.2) is 0 Å². The van der Waals surface area contributed by atoms with Crippen LogP contribution in [-0.2, 0) is 9.59 Å². The van der Waals surface area contributed by atoms with Crippen molar-refractivity contribution >= 4 is 11.9 Å². The highest BCUT2D eigenvalue weighted by atomic mass is 16.4. The fourth-order valence-corrected chi connectivity index (χ4v) is 7.75. The van der Waals surface area contributed by atoms with Crippen LogP contribution in [0.3, 0.4) is 0 Å². The number of hydrogen-bond donors (Lipinski definition) is 4. The maximum Gasteiger partial charge on any atom is 0.303 e. The van der Waals surface area contributed by atoms with E-state index in [-0.39, 0.29) is 0 Å². The van der Waals surface area contributed by atoms with Gasteiger partial charge in [0.1, 0.15) is 0 Å². The first kappa shape index (κ1) is 59.9. The first-order valence-corrected chi connectivity index (χ1v) is 26.2. The van der Waals surface area contributed by atoms with Gasteiger partial charge in [0.2, 0.25) is 0 Å². The van der Waals surface area contributed by atoms with Crippen LogP contribution in [0.4, 0.5) is 0 Å². The molecular formula is C51H106N4O4. The summed E-state index contributed by atoms with van der Waals surface area (Å²) in [5.41, 5.74) is 0. The van der Waals surface area contributed by atoms with Crippen molar-refractivity contribution in [1.29, 1.82) is 0 Å². The van der Waals surface area contributed by atoms with Gasteiger partial charge in [-0.1, -0.05) is 175 Å². The Kier molecular flexibility index (Phi) is 53.7. The Morgan fingerprint density at radius 1 is 0.407 bits per heavy atom. The van der Waals surface area contributed by atoms with Crippen LogP contribution in [0.2, 0.25) is 0 Å². The van der Waals surface area contributed by atoms with E-state index >= 15 is 0 Å². The predicted molar refractivity (Wildman–Crippen MR) is 258 cm³/mol. The number of unbranched alkanes of at least 4 members (excludes halogenated alkanes) is 24. The summed E-state index contributed by atoms with van der Waals surface area (Å²) >= 11 is 0. The monoisotopic (exact) mass is 839 g/mol. The Labute approximate surface area is 369 Å². The van der Waals surface area contributed by atoms with Gasteiger partial charge < -0.3 is 30.6 Å². The Balaban J connectivity index is 0. The molecule has 0 aromatic heterocycles. The van der Waals surface area contributed by atoms with Gasteiger partial charge in [-0.2, -0.15) is 0 Å². The van der Waals surface area contributed by atoms with Crippen LogP contribution in [0, 0.1) is 0 Å². The summed E-state index contributed by atoms with van der Waals surface area (Å²) in [6.45, 7) is 21.3. The van der Waals surface area contributed by atoms with Crippen LogP contribution < -0.4 is 10.6 Å². The number of carboxylic acids is 2. The van der Waals surface area contributed by atoms with Gasteiger partial charge in [-0.3, -0.25) is 9.59 Å². The SMILES string of the molecule is CCCCCCNCCCCCC.CCCCCCNCCCCCC.O=C(O)CCCCCCCCCN(CCCCCCCCCC(=O)O)CCN1CCCCC1. The average molecular weight is 839 g/mol. The molecule has 0 aromatic carbocycles. The quantitative estimate of drug-likeness (QED) is 0.0450. The summed E-state index contributed by atoms with van der Waals surface area (Å²) < 4.78 is 0. The molecule has 0 aromatic rings. The molecule has 0 saturated carbocycles. The molecule has 1 rings (SSSR count). The van der Waals surface area contributed by atoms with Crippen molar-refractivity contribution in [3.05, 3.63) is 0 Å². The van der Waals surface area contributed by atoms with E-state index in [1.165, 1.54) is 252 Å². The minimum atomic E-state index is -0.671. The molecule has 354 valence electrons. The Morgan fingerprint density at radius 3 is 1.03 bits per heavy atom. The van der Waals surface area contributed by atoms with Crippen LogP contribution in [0.5, 0.6) is 0 Å². The largest absolute Gasteiger partial charge is 0.481 e. The topological polar surface area (TPSA) is 105 Å². The van der Waals surface area contributed by atoms with Gasteiger partial charge >= 0.3 is 11.9 Å². The Morgan fingerprint density at radius 2 is 0.712 bits per heavy atom. The van der Waals surface area contributed by atoms with Crippen molar-refractivity contribution in [2.45, 2.75) is 252 Å². The smallest absolute Gasteiger partial charge is 0.303 e. The number of piperidine rings is 1. The summed E-state index contributed by atoms with van der Waals surface area (Å²) in [7, 11) is 0. The zero-order valence-corrected chi connectivity index (χ0v) is 40.4. The third-order valence-corrected chi connectivity index (χ3v) is 11.7. The van der Waals surface area contributed by atoms with Gasteiger partial charge in [0, 0.05) is 25.9 Å². The molecule has 0 unspecified atom stereocenters. The van der Waals surface area contributed by atoms with Crippen molar-refractivity contribution in [3.8, 4) is 0 Å². The van der Waals surface area contributed by atoms with E-state index in [1.54, 1.807) is 0 Å². The highest BCUT2D eigenvalue weighted by Crippen LogP contribution is 2.13. The van der Waals surface area contributed by atoms with Crippen molar-refractivity contribution in [1.82, 2.24) is 20.4 Å². The fraction of sp³-hybridized carbons (Fsp3) is 0.961. The molecular weight excluding hydrogens is 733 g/mol. The lowest BCUT2D eigenvalue weighted by molar-refractivity contribution is -0.138. The second kappa shape index (κ2) is 52.9. The second-order valence-electron chi connectivity index (χ2n) is 17.7. The Bertz CT molecular complexity index is 737. The maximum absolute atomic E-state index is 10.6. The van der Waals surface area contributed by atoms with E-state index in [9.17, 15) is 9.59 Å². The van der Waals surface area contributed by atoms with E-state index < -0.39 is 11.9 Å². The second-order valence-corrected chi connectivity index (χ2v) is 17.7. The molecule has 0 bridgehead atoms. The normalized spacial score (nSPS) is 12.9. The third-order valence-electron chi connectivity index (χ3n) is 11.7. The molecule has 1 aliphatic rings. The zero-order chi connectivity index (χ0) is 43.5. The van der Waals surface area contributed by atoms with Gasteiger partial charge in [-0.15, -0.1) is 0 Å². The molecule has 0 amide bonds. The van der Waals surface area contributed by atoms with Gasteiger partial charge in [-0.25, -0.2) is 0 Å². The molecule has 0 radical (unpaired) electrons. The fourth-order valence-electron chi connectivity index (χ4n) is 7.75. The van der Waals surface area contributed by atoms with E-state index in [0.717, 1.165) is 25.7 Å². The molecule has 1 heterocycles. The summed E-state index contributed by atoms with van der Waals surface area (Å²) in [4.78, 5) is 26.4. The van der Waals surface area contributed by atoms with Crippen LogP contribution in [0.15, 0.2) is 0 Å². The zero-order valence-electron chi connectivity index (χ0n) is 40.4. The highest BCUT2D eigenvalue weighted by Gasteiger charge is 2.12. The van der Waals surface area contributed by atoms with Crippen LogP contribution in [0.25, 0.3) is 0 Å². The number of rotatable bonds is 43. The summed E-state index contributed by atoms with van der Waals surface area (Å²) in [5, 5.41) is 24.4. The molecule has 8 nitrogen and oxygen atoms in total. The molecule has 0 spiro atoms. The van der Waals surface area contributed by atoms with Crippen molar-refractivity contribution in [2.24, 2.45) is 0 Å². The predicted octanol–water partition coefficient (Wildman–Crippen LogP) is 13.7. The lowest BCUT2D eigenvalue weighted by Crippen LogP contribution is -2.38. The maximum atomic E-state index is 10.6. The number of nitrogens with one attached hydrogen (secondary N) is 2. The molecule has 4 N–H and O–H groups in total. The highest BCUT2D eigenvalue weighted by molar-refractivity contribution is 5.66. The first-order valence-electron chi connectivity index (χ1n) is 26.2. The van der Waals surface area contributed by atoms with Crippen molar-refractivity contribution in [2.75, 3.05) is 65.4 Å². The van der Waals surface area contributed by atoms with Crippen LogP contribution in [0.1, 0.15) is 252 Å². The van der Waals surface area contributed by atoms with Crippen molar-refractivity contribution < 1.29 is 19.8 Å². The summed E-state index contributed by atoms with van der Waals surface area (Å²) in [5.74, 6) is -1.34. The number of carbonyl (C=O) groups is 2. The molecule has 8 heteroatoms. The lowest BCUT2D eigenvalue weighted by Gasteiger charge is -2.30. The summed E-state index contributed by atoms with van der Waals surface area (Å²) in [6, 6.07) is 0. The van der Waals surface area contributed by atoms with E-state index in [1.807, 2.05) is 0 Å². The lowest BCUT2D eigenvalue weighted by atomic mass is 10.1. The van der Waals surface area contributed by atoms with Gasteiger partial charge in [0.25, 0.3) is 0 Å². The number of hydrogen-bond acceptors (Lipinski definition) is 6. The van der Waals surface area contributed by atoms with Gasteiger partial charge in [-0.05, 0) is 117 Å². The van der Waals surface area contributed by atoms with E-state index in [4.69, 9.17) is 10.2 Å². The molecule has 1 aliphatic heterocycles. The Hall–Kier alpha value is -1.22.